The number of rotatable bonds is 22. The number of amides is 17. The highest BCUT2D eigenvalue weighted by Gasteiger charge is 2.45. The first-order valence-electron chi connectivity index (χ1n) is 42.6. The molecule has 14 atom stereocenters. The van der Waals surface area contributed by atoms with Crippen molar-refractivity contribution in [3.05, 3.63) is 119 Å². The van der Waals surface area contributed by atoms with E-state index in [1.165, 1.54) is 83.1 Å². The second-order valence-electron chi connectivity index (χ2n) is 32.2. The number of H-pyrrole nitrogens is 2. The number of para-hydroxylation sites is 1. The van der Waals surface area contributed by atoms with Gasteiger partial charge in [0.2, 0.25) is 100 Å². The summed E-state index contributed by atoms with van der Waals surface area (Å²) in [6, 6.07) is -2.26. The number of carbonyl (C=O) groups is 17. The number of thiophene rings is 1. The molecule has 3 aliphatic heterocycles. The highest BCUT2D eigenvalue weighted by Crippen LogP contribution is 2.29. The molecule has 0 saturated carbocycles. The number of primary amides is 2. The Hall–Kier alpha value is -13.3. The number of fused-ring (bicyclic) bond motifs is 4. The first-order chi connectivity index (χ1) is 62.0. The van der Waals surface area contributed by atoms with Crippen LogP contribution in [0.15, 0.2) is 96.9 Å². The number of aromatic amines is 2. The number of thioether (sulfide) groups is 1. The third kappa shape index (κ3) is 27.1. The molecule has 3 fully saturated rings. The predicted molar refractivity (Wildman–Crippen MR) is 476 cm³/mol. The number of likely N-dealkylation sites (N-methyl/N-ethyl adjacent to an activating group) is 3. The molecule has 0 bridgehead atoms. The average molecular weight is 1840 g/mol. The number of carbonyl (C=O) groups excluding carboxylic acids is 17. The quantitative estimate of drug-likeness (QED) is 0.0173. The van der Waals surface area contributed by atoms with Crippen molar-refractivity contribution in [3.63, 3.8) is 0 Å². The van der Waals surface area contributed by atoms with Gasteiger partial charge in [-0.1, -0.05) is 68.3 Å². The number of imidazole rings is 1. The molecule has 3 aromatic heterocycles. The molecule has 9 rings (SSSR count). The fourth-order valence-corrected chi connectivity index (χ4v) is 17.3. The summed E-state index contributed by atoms with van der Waals surface area (Å²) in [5, 5.41) is 71.6. The Balaban J connectivity index is 1.07. The number of phenols is 1. The zero-order valence-electron chi connectivity index (χ0n) is 72.9. The van der Waals surface area contributed by atoms with Gasteiger partial charge in [-0.2, -0.15) is 0 Å². The molecule has 6 heterocycles. The molecule has 6 aromatic rings. The van der Waals surface area contributed by atoms with E-state index in [9.17, 15) is 72.9 Å². The molecule has 23 N–H and O–H groups in total. The number of benzene rings is 3. The van der Waals surface area contributed by atoms with Crippen LogP contribution in [0.3, 0.4) is 0 Å². The van der Waals surface area contributed by atoms with Crippen molar-refractivity contribution < 1.29 is 96.8 Å². The van der Waals surface area contributed by atoms with Crippen LogP contribution < -0.4 is 75.7 Å². The summed E-state index contributed by atoms with van der Waals surface area (Å²) in [7, 11) is 3.82. The fraction of sp³-hybridized carbons (Fsp3) is 0.494. The number of nitrogens with one attached hydrogen (secondary N) is 14. The van der Waals surface area contributed by atoms with E-state index in [-0.39, 0.29) is 102 Å². The van der Waals surface area contributed by atoms with Gasteiger partial charge in [-0.05, 0) is 111 Å². The number of aliphatic hydroxyl groups excluding tert-OH is 2. The number of aromatic hydroxyl groups is 1. The van der Waals surface area contributed by atoms with Gasteiger partial charge in [0, 0.05) is 106 Å². The monoisotopic (exact) mass is 1840 g/mol. The molecule has 43 nitrogen and oxygen atoms in total. The fourth-order valence-electron chi connectivity index (χ4n) is 15.5. The smallest absolute Gasteiger partial charge is 0.248 e. The molecule has 1 unspecified atom stereocenters. The normalized spacial score (nSPS) is 24.6. The molecule has 3 aliphatic rings. The van der Waals surface area contributed by atoms with Gasteiger partial charge < -0.3 is 125 Å². The van der Waals surface area contributed by atoms with Crippen molar-refractivity contribution in [2.24, 2.45) is 17.2 Å². The van der Waals surface area contributed by atoms with E-state index < -0.39 is 229 Å². The summed E-state index contributed by atoms with van der Waals surface area (Å²) in [6.45, 7) is 1.30. The molecule has 0 spiro atoms. The molecule has 702 valence electrons. The maximum Gasteiger partial charge on any atom is 0.248 e. The lowest BCUT2D eigenvalue weighted by atomic mass is 10.0. The molecule has 3 aromatic carbocycles. The zero-order valence-corrected chi connectivity index (χ0v) is 74.5. The van der Waals surface area contributed by atoms with Crippen LogP contribution in [0.4, 0.5) is 0 Å². The second kappa shape index (κ2) is 47.7. The number of aliphatic hydroxyl groups is 2. The molecule has 17 amide bonds. The molecular weight excluding hydrogens is 1730 g/mol. The third-order valence-corrected chi connectivity index (χ3v) is 25.1. The number of nitrogens with two attached hydrogens (primary N) is 3. The molecule has 45 heteroatoms. The van der Waals surface area contributed by atoms with Gasteiger partial charge in [0.15, 0.2) is 5.96 Å². The van der Waals surface area contributed by atoms with Gasteiger partial charge in [0.1, 0.15) is 90.3 Å². The van der Waals surface area contributed by atoms with Crippen LogP contribution in [-0.4, -0.2) is 318 Å². The van der Waals surface area contributed by atoms with E-state index in [1.807, 2.05) is 19.1 Å². The van der Waals surface area contributed by atoms with Crippen molar-refractivity contribution in [1.29, 1.82) is 5.41 Å². The number of guanidine groups is 1. The highest BCUT2D eigenvalue weighted by molar-refractivity contribution is 8.00. The summed E-state index contributed by atoms with van der Waals surface area (Å²) >= 11 is 2.09. The molecule has 0 aliphatic carbocycles. The topological polar surface area (TPSA) is 646 Å². The number of hydrogen-bond donors (Lipinski definition) is 20. The van der Waals surface area contributed by atoms with E-state index in [4.69, 9.17) is 22.6 Å². The predicted octanol–water partition coefficient (Wildman–Crippen LogP) is -4.39. The van der Waals surface area contributed by atoms with Crippen LogP contribution in [0.1, 0.15) is 107 Å². The van der Waals surface area contributed by atoms with Crippen LogP contribution in [-0.2, 0) is 107 Å². The van der Waals surface area contributed by atoms with Crippen LogP contribution in [0.2, 0.25) is 0 Å². The van der Waals surface area contributed by atoms with Gasteiger partial charge >= 0.3 is 0 Å². The summed E-state index contributed by atoms with van der Waals surface area (Å²) in [5.74, 6) is -18.0. The average Bonchev–Trinajstić information content (AvgIpc) is 1.60. The van der Waals surface area contributed by atoms with Crippen LogP contribution >= 0.6 is 23.1 Å². The number of unbranched alkanes of at least 4 members (excludes halogenated alkanes) is 1. The lowest BCUT2D eigenvalue weighted by Crippen LogP contribution is -2.62. The lowest BCUT2D eigenvalue weighted by molar-refractivity contribution is -0.149. The van der Waals surface area contributed by atoms with Gasteiger partial charge in [-0.3, -0.25) is 86.9 Å². The van der Waals surface area contributed by atoms with E-state index >= 15 is 24.0 Å². The van der Waals surface area contributed by atoms with Gasteiger partial charge in [-0.15, -0.1) is 23.1 Å². The first kappa shape index (κ1) is 100. The largest absolute Gasteiger partial charge is 0.508 e. The molecule has 3 saturated heterocycles. The van der Waals surface area contributed by atoms with Crippen molar-refractivity contribution in [2.45, 2.75) is 195 Å². The Morgan fingerprint density at radius 1 is 0.538 bits per heavy atom. The lowest BCUT2D eigenvalue weighted by Gasteiger charge is -2.35. The Morgan fingerprint density at radius 3 is 1.68 bits per heavy atom. The van der Waals surface area contributed by atoms with Crippen LogP contribution in [0.25, 0.3) is 21.0 Å². The molecule has 0 radical (unpaired) electrons. The maximum atomic E-state index is 15.6. The Bertz CT molecular complexity index is 5090. The Labute approximate surface area is 756 Å². The van der Waals surface area contributed by atoms with Crippen molar-refractivity contribution >= 4 is 150 Å². The van der Waals surface area contributed by atoms with E-state index in [0.29, 0.717) is 45.8 Å². The Morgan fingerprint density at radius 2 is 1.08 bits per heavy atom. The van der Waals surface area contributed by atoms with Crippen LogP contribution in [0, 0.1) is 5.41 Å². The minimum atomic E-state index is -1.86. The summed E-state index contributed by atoms with van der Waals surface area (Å²) in [5.41, 5.74) is 19.0. The van der Waals surface area contributed by atoms with Gasteiger partial charge in [0.05, 0.1) is 38.3 Å². The summed E-state index contributed by atoms with van der Waals surface area (Å²) in [6.07, 6.45) is 3.23. The SMILES string of the molecule is CCCC[C@H]1C(=O)N(C)[C@@H](C)C(=O)N[C@@H](CCCNC(=N)N)C(=O)NC(C(=O)NCC(N)=O)CSCC(=O)N[C@@H](Cc2ccc(O)cc2)C(=O)N(C)[C@@H](C)C(=O)N[C@@H](CC(N)=O)C(=O)N2CCC[C@H]2C(=O)N[C@@H](Cc2cnc[nH]2)C(=O)N[C@H](CO)C(=O)N2CCC[C@H]2C(=O)N[C@@H](Cc2c[nH]c3ccccc23)C(=O)N[C@@H](CO)C(=O)N[C@@H](Cc2csc3ccccc23)C(=O)N1C. The summed E-state index contributed by atoms with van der Waals surface area (Å²) in [4.78, 5) is 262. The standard InChI is InChI=1S/C85H115N23O20S2/c1-7-8-20-66-84(128)105(5)46(3)71(115)96-55(19-13-28-91-85(88)89)74(118)103-63(73(117)93-38-69(87)113)42-129-43-70(114)95-58(31-47-24-26-51(111)27-25-47)80(124)104(4)45(2)72(116)99-60(35-68(86)112)82(126)107-29-14-21-64(107)79(123)98-57(34-50-37-90-44-94-50)76(120)102-62(40-110)83(127)108-30-15-22-65(108)78(122)97-56(32-48-36-92-54-18-11-9-16-52(48)54)75(119)101-61(39-109)77(121)100-59(81(125)106(66)6)33-49-41-130-67-23-12-10-17-53(49)67/h9-12,16-18,23-27,36-37,41,44-46,55-66,92,109-111H,7-8,13-15,19-22,28-35,38-40,42-43H2,1-6H3,(H2,86,112)(H2,87,113)(H,90,94)(H,93,117)(H,95,114)(H,96,115)(H,97,122)(H,98,123)(H,99,116)(H,100,121)(H,101,119)(H,102,120)(H,103,118)(H4,88,89,91)/t45-,46-,55-,56-,57-,58-,59-,60-,61-,62+,63?,64-,65-,66-/m0/s1. The zero-order chi connectivity index (χ0) is 94.7. The van der Waals surface area contributed by atoms with Crippen molar-refractivity contribution in [1.82, 2.24) is 97.9 Å². The number of hydrogen-bond acceptors (Lipinski definition) is 24. The van der Waals surface area contributed by atoms with E-state index in [0.717, 1.165) is 41.0 Å². The van der Waals surface area contributed by atoms with Crippen molar-refractivity contribution in [2.75, 3.05) is 72.0 Å². The van der Waals surface area contributed by atoms with Crippen molar-refractivity contribution in [3.8, 4) is 5.75 Å². The highest BCUT2D eigenvalue weighted by atomic mass is 32.2. The minimum absolute atomic E-state index is 0.00814. The van der Waals surface area contributed by atoms with Gasteiger partial charge in [0.25, 0.3) is 0 Å². The number of nitrogens with zero attached hydrogens (tertiary/aromatic N) is 6. The number of phenolic OH excluding ortho intramolecular Hbond substituents is 1. The van der Waals surface area contributed by atoms with E-state index in [1.54, 1.807) is 48.0 Å². The van der Waals surface area contributed by atoms with Gasteiger partial charge in [-0.25, -0.2) is 4.98 Å². The maximum absolute atomic E-state index is 15.6. The number of aromatic nitrogens is 3. The third-order valence-electron chi connectivity index (χ3n) is 23.0. The second-order valence-corrected chi connectivity index (χ2v) is 34.2. The van der Waals surface area contributed by atoms with E-state index in [2.05, 4.69) is 73.4 Å². The molecular formula is C85H115N23O20S2. The summed E-state index contributed by atoms with van der Waals surface area (Å²) < 4.78 is 0.810. The first-order valence-corrected chi connectivity index (χ1v) is 44.6. The molecule has 130 heavy (non-hydrogen) atoms. The minimum Gasteiger partial charge on any atom is -0.508 e. The van der Waals surface area contributed by atoms with Crippen LogP contribution in [0.5, 0.6) is 5.75 Å². The Kier molecular flexibility index (Phi) is 36.8.